The highest BCUT2D eigenvalue weighted by Crippen LogP contribution is 2.28. The molecule has 1 N–H and O–H groups in total. The van der Waals surface area contributed by atoms with Crippen molar-refractivity contribution in [3.8, 4) is 17.1 Å². The summed E-state index contributed by atoms with van der Waals surface area (Å²) in [4.78, 5) is 16.3. The molecule has 0 aliphatic heterocycles. The van der Waals surface area contributed by atoms with E-state index in [0.29, 0.717) is 47.7 Å². The fourth-order valence-electron chi connectivity index (χ4n) is 2.47. The lowest BCUT2D eigenvalue weighted by molar-refractivity contribution is -0.115. The normalized spacial score (nSPS) is 10.6. The molecule has 0 aliphatic rings. The van der Waals surface area contributed by atoms with Crippen molar-refractivity contribution >= 4 is 23.4 Å². The summed E-state index contributed by atoms with van der Waals surface area (Å²) >= 11 is 1.51. The van der Waals surface area contributed by atoms with E-state index in [1.807, 2.05) is 31.2 Å². The molecular formula is C20H20FN3O3S. The third-order valence-corrected chi connectivity index (χ3v) is 4.65. The van der Waals surface area contributed by atoms with Gasteiger partial charge < -0.3 is 14.6 Å². The van der Waals surface area contributed by atoms with Crippen LogP contribution in [0.3, 0.4) is 0 Å². The SMILES string of the molecule is CCOc1ccccc1-c1noc(CSCCC(=O)Nc2cccc(F)c2)n1. The van der Waals surface area contributed by atoms with Gasteiger partial charge in [0, 0.05) is 17.9 Å². The predicted molar refractivity (Wildman–Crippen MR) is 107 cm³/mol. The van der Waals surface area contributed by atoms with Crippen molar-refractivity contribution in [1.82, 2.24) is 10.1 Å². The lowest BCUT2D eigenvalue weighted by Gasteiger charge is -2.06. The average Bonchev–Trinajstić information content (AvgIpc) is 3.15. The molecule has 6 nitrogen and oxygen atoms in total. The first-order valence-electron chi connectivity index (χ1n) is 8.83. The molecular weight excluding hydrogens is 381 g/mol. The Morgan fingerprint density at radius 3 is 2.93 bits per heavy atom. The van der Waals surface area contributed by atoms with Crippen LogP contribution in [0, 0.1) is 5.82 Å². The number of nitrogens with one attached hydrogen (secondary N) is 1. The maximum atomic E-state index is 13.1. The minimum Gasteiger partial charge on any atom is -0.493 e. The zero-order chi connectivity index (χ0) is 19.8. The predicted octanol–water partition coefficient (Wildman–Crippen LogP) is 4.54. The molecule has 3 rings (SSSR count). The molecule has 0 fully saturated rings. The van der Waals surface area contributed by atoms with Crippen LogP contribution >= 0.6 is 11.8 Å². The number of benzene rings is 2. The molecule has 28 heavy (non-hydrogen) atoms. The minimum atomic E-state index is -0.384. The van der Waals surface area contributed by atoms with E-state index in [1.54, 1.807) is 12.1 Å². The number of carbonyl (C=O) groups is 1. The molecule has 3 aromatic rings. The first kappa shape index (κ1) is 19.9. The van der Waals surface area contributed by atoms with Crippen LogP contribution in [-0.2, 0) is 10.5 Å². The summed E-state index contributed by atoms with van der Waals surface area (Å²) in [5, 5.41) is 6.68. The Hall–Kier alpha value is -2.87. The topological polar surface area (TPSA) is 77.2 Å². The van der Waals surface area contributed by atoms with Crippen LogP contribution in [0.25, 0.3) is 11.4 Å². The van der Waals surface area contributed by atoms with E-state index in [1.165, 1.54) is 23.9 Å². The highest BCUT2D eigenvalue weighted by atomic mass is 32.2. The second kappa shape index (κ2) is 9.89. The largest absolute Gasteiger partial charge is 0.493 e. The van der Waals surface area contributed by atoms with Crippen LogP contribution < -0.4 is 10.1 Å². The van der Waals surface area contributed by atoms with Crippen molar-refractivity contribution in [2.45, 2.75) is 19.1 Å². The molecule has 2 aromatic carbocycles. The van der Waals surface area contributed by atoms with Gasteiger partial charge in [0.1, 0.15) is 11.6 Å². The second-order valence-corrected chi connectivity index (χ2v) is 6.91. The fraction of sp³-hybridized carbons (Fsp3) is 0.250. The summed E-state index contributed by atoms with van der Waals surface area (Å²) in [6.45, 7) is 2.47. The summed E-state index contributed by atoms with van der Waals surface area (Å²) in [7, 11) is 0. The van der Waals surface area contributed by atoms with Crippen LogP contribution in [0.5, 0.6) is 5.75 Å². The van der Waals surface area contributed by atoms with Crippen LogP contribution in [0.4, 0.5) is 10.1 Å². The van der Waals surface area contributed by atoms with Gasteiger partial charge in [0.2, 0.25) is 17.6 Å². The van der Waals surface area contributed by atoms with Gasteiger partial charge >= 0.3 is 0 Å². The molecule has 0 radical (unpaired) electrons. The van der Waals surface area contributed by atoms with Gasteiger partial charge in [-0.3, -0.25) is 4.79 Å². The highest BCUT2D eigenvalue weighted by Gasteiger charge is 2.13. The van der Waals surface area contributed by atoms with Gasteiger partial charge in [-0.05, 0) is 37.3 Å². The number of ether oxygens (including phenoxy) is 1. The van der Waals surface area contributed by atoms with E-state index in [4.69, 9.17) is 9.26 Å². The molecule has 0 atom stereocenters. The molecule has 8 heteroatoms. The number of halogens is 1. The summed E-state index contributed by atoms with van der Waals surface area (Å²) in [5.74, 6) is 2.19. The summed E-state index contributed by atoms with van der Waals surface area (Å²) in [5.41, 5.74) is 1.23. The second-order valence-electron chi connectivity index (χ2n) is 5.80. The minimum absolute atomic E-state index is 0.171. The van der Waals surface area contributed by atoms with Crippen molar-refractivity contribution in [3.05, 3.63) is 60.2 Å². The number of hydrogen-bond donors (Lipinski definition) is 1. The molecule has 0 spiro atoms. The maximum Gasteiger partial charge on any atom is 0.236 e. The number of para-hydroxylation sites is 1. The van der Waals surface area contributed by atoms with E-state index in [0.717, 1.165) is 5.56 Å². The Balaban J connectivity index is 1.47. The Kier molecular flexibility index (Phi) is 7.02. The number of hydrogen-bond acceptors (Lipinski definition) is 6. The monoisotopic (exact) mass is 401 g/mol. The first-order chi connectivity index (χ1) is 13.7. The molecule has 146 valence electrons. The van der Waals surface area contributed by atoms with Gasteiger partial charge in [-0.25, -0.2) is 4.39 Å². The third kappa shape index (κ3) is 5.56. The Labute approximate surface area is 166 Å². The fourth-order valence-corrected chi connectivity index (χ4v) is 3.24. The van der Waals surface area contributed by atoms with Crippen molar-refractivity contribution in [2.75, 3.05) is 17.7 Å². The molecule has 1 amide bonds. The van der Waals surface area contributed by atoms with Crippen LogP contribution in [0.1, 0.15) is 19.2 Å². The van der Waals surface area contributed by atoms with Crippen molar-refractivity contribution in [3.63, 3.8) is 0 Å². The molecule has 0 aliphatic carbocycles. The Morgan fingerprint density at radius 1 is 1.25 bits per heavy atom. The molecule has 0 saturated heterocycles. The van der Waals surface area contributed by atoms with Gasteiger partial charge in [0.15, 0.2) is 0 Å². The highest BCUT2D eigenvalue weighted by molar-refractivity contribution is 7.98. The van der Waals surface area contributed by atoms with E-state index in [9.17, 15) is 9.18 Å². The van der Waals surface area contributed by atoms with Gasteiger partial charge in [-0.2, -0.15) is 16.7 Å². The molecule has 1 heterocycles. The number of amides is 1. The Morgan fingerprint density at radius 2 is 2.11 bits per heavy atom. The Bertz CT molecular complexity index is 932. The van der Waals surface area contributed by atoms with Gasteiger partial charge in [-0.15, -0.1) is 0 Å². The number of rotatable bonds is 9. The van der Waals surface area contributed by atoms with Crippen LogP contribution in [-0.4, -0.2) is 28.4 Å². The standard InChI is InChI=1S/C20H20FN3O3S/c1-2-26-17-9-4-3-8-16(17)20-23-19(27-24-20)13-28-11-10-18(25)22-15-7-5-6-14(21)12-15/h3-9,12H,2,10-11,13H2,1H3,(H,22,25). The molecule has 0 saturated carbocycles. The summed E-state index contributed by atoms with van der Waals surface area (Å²) < 4.78 is 24.0. The average molecular weight is 401 g/mol. The van der Waals surface area contributed by atoms with Crippen molar-refractivity contribution < 1.29 is 18.4 Å². The number of aromatic nitrogens is 2. The lowest BCUT2D eigenvalue weighted by Crippen LogP contribution is -2.12. The summed E-state index contributed by atoms with van der Waals surface area (Å²) in [6, 6.07) is 13.3. The van der Waals surface area contributed by atoms with Crippen molar-refractivity contribution in [2.24, 2.45) is 0 Å². The summed E-state index contributed by atoms with van der Waals surface area (Å²) in [6.07, 6.45) is 0.301. The third-order valence-electron chi connectivity index (χ3n) is 3.70. The molecule has 0 bridgehead atoms. The maximum absolute atomic E-state index is 13.1. The zero-order valence-electron chi connectivity index (χ0n) is 15.4. The van der Waals surface area contributed by atoms with Crippen molar-refractivity contribution in [1.29, 1.82) is 0 Å². The molecule has 0 unspecified atom stereocenters. The van der Waals surface area contributed by atoms with Gasteiger partial charge in [0.25, 0.3) is 0 Å². The lowest BCUT2D eigenvalue weighted by atomic mass is 10.2. The van der Waals surface area contributed by atoms with E-state index in [2.05, 4.69) is 15.5 Å². The van der Waals surface area contributed by atoms with E-state index >= 15 is 0 Å². The first-order valence-corrected chi connectivity index (χ1v) is 9.99. The number of anilines is 1. The van der Waals surface area contributed by atoms with Gasteiger partial charge in [-0.1, -0.05) is 23.4 Å². The number of thioether (sulfide) groups is 1. The molecule has 1 aromatic heterocycles. The van der Waals surface area contributed by atoms with Gasteiger partial charge in [0.05, 0.1) is 17.9 Å². The zero-order valence-corrected chi connectivity index (χ0v) is 16.2. The van der Waals surface area contributed by atoms with Crippen LogP contribution in [0.15, 0.2) is 53.1 Å². The van der Waals surface area contributed by atoms with E-state index in [-0.39, 0.29) is 11.7 Å². The smallest absolute Gasteiger partial charge is 0.236 e. The van der Waals surface area contributed by atoms with E-state index < -0.39 is 0 Å². The number of nitrogens with zero attached hydrogens (tertiary/aromatic N) is 2. The number of carbonyl (C=O) groups excluding carboxylic acids is 1. The quantitative estimate of drug-likeness (QED) is 0.531. The van der Waals surface area contributed by atoms with Crippen LogP contribution in [0.2, 0.25) is 0 Å².